The van der Waals surface area contributed by atoms with Crippen molar-refractivity contribution in [3.63, 3.8) is 0 Å². The number of nitrogen functional groups attached to an aromatic ring is 1. The van der Waals surface area contributed by atoms with Crippen molar-refractivity contribution < 1.29 is 4.79 Å². The van der Waals surface area contributed by atoms with Gasteiger partial charge in [0.15, 0.2) is 0 Å². The molecule has 0 radical (unpaired) electrons. The smallest absolute Gasteiger partial charge is 0.251 e. The Labute approximate surface area is 116 Å². The van der Waals surface area contributed by atoms with Crippen molar-refractivity contribution in [3.05, 3.63) is 29.3 Å². The van der Waals surface area contributed by atoms with Gasteiger partial charge in [-0.3, -0.25) is 4.79 Å². The van der Waals surface area contributed by atoms with E-state index < -0.39 is 0 Å². The van der Waals surface area contributed by atoms with E-state index in [0.717, 1.165) is 24.3 Å². The first-order valence-electron chi connectivity index (χ1n) is 7.07. The number of carbonyl (C=O) groups excluding carboxylic acids is 1. The number of nitrogens with two attached hydrogens (primary N) is 1. The summed E-state index contributed by atoms with van der Waals surface area (Å²) in [6.45, 7) is 8.42. The van der Waals surface area contributed by atoms with Crippen LogP contribution in [0.3, 0.4) is 0 Å². The Bertz CT molecular complexity index is 427. The molecule has 3 heteroatoms. The minimum absolute atomic E-state index is 0.00505. The van der Waals surface area contributed by atoms with Crippen molar-refractivity contribution in [2.75, 3.05) is 5.73 Å². The lowest BCUT2D eigenvalue weighted by atomic mass is 10.0. The van der Waals surface area contributed by atoms with Gasteiger partial charge < -0.3 is 11.1 Å². The Morgan fingerprint density at radius 2 is 1.95 bits per heavy atom. The van der Waals surface area contributed by atoms with Gasteiger partial charge in [-0.15, -0.1) is 0 Å². The van der Waals surface area contributed by atoms with E-state index in [0.29, 0.717) is 11.3 Å². The molecule has 0 saturated carbocycles. The second-order valence-corrected chi connectivity index (χ2v) is 5.77. The molecule has 0 aromatic heterocycles. The van der Waals surface area contributed by atoms with Gasteiger partial charge >= 0.3 is 0 Å². The maximum Gasteiger partial charge on any atom is 0.251 e. The molecule has 1 aromatic rings. The molecule has 0 spiro atoms. The van der Waals surface area contributed by atoms with Crippen LogP contribution in [0, 0.1) is 12.8 Å². The molecule has 1 unspecified atom stereocenters. The molecular weight excluding hydrogens is 236 g/mol. The van der Waals surface area contributed by atoms with E-state index in [1.54, 1.807) is 12.1 Å². The number of hydrogen-bond donors (Lipinski definition) is 2. The van der Waals surface area contributed by atoms with E-state index in [-0.39, 0.29) is 11.9 Å². The summed E-state index contributed by atoms with van der Waals surface area (Å²) in [4.78, 5) is 12.1. The second kappa shape index (κ2) is 7.17. The standard InChI is InChI=1S/C16H26N2O/c1-11(2)6-5-7-13(4)18-16(19)15-9-8-14(17)10-12(15)3/h8-11,13H,5-7,17H2,1-4H3,(H,18,19). The molecule has 1 amide bonds. The molecule has 0 aliphatic heterocycles. The van der Waals surface area contributed by atoms with E-state index in [2.05, 4.69) is 26.1 Å². The van der Waals surface area contributed by atoms with E-state index in [1.165, 1.54) is 6.42 Å². The Morgan fingerprint density at radius 1 is 1.26 bits per heavy atom. The number of anilines is 1. The zero-order valence-electron chi connectivity index (χ0n) is 12.5. The minimum Gasteiger partial charge on any atom is -0.399 e. The van der Waals surface area contributed by atoms with Gasteiger partial charge in [0.05, 0.1) is 0 Å². The van der Waals surface area contributed by atoms with Crippen LogP contribution in [0.4, 0.5) is 5.69 Å². The average molecular weight is 262 g/mol. The summed E-state index contributed by atoms with van der Waals surface area (Å²) in [5, 5.41) is 3.05. The summed E-state index contributed by atoms with van der Waals surface area (Å²) < 4.78 is 0. The Kier molecular flexibility index (Phi) is 5.87. The Morgan fingerprint density at radius 3 is 2.53 bits per heavy atom. The third-order valence-corrected chi connectivity index (χ3v) is 3.29. The fraction of sp³-hybridized carbons (Fsp3) is 0.562. The molecule has 3 N–H and O–H groups in total. The predicted octanol–water partition coefficient (Wildman–Crippen LogP) is 3.52. The largest absolute Gasteiger partial charge is 0.399 e. The number of hydrogen-bond acceptors (Lipinski definition) is 2. The lowest BCUT2D eigenvalue weighted by Gasteiger charge is -2.15. The Balaban J connectivity index is 2.50. The van der Waals surface area contributed by atoms with Crippen molar-refractivity contribution in [1.82, 2.24) is 5.32 Å². The van der Waals surface area contributed by atoms with Crippen LogP contribution >= 0.6 is 0 Å². The lowest BCUT2D eigenvalue weighted by molar-refractivity contribution is 0.0937. The fourth-order valence-electron chi connectivity index (χ4n) is 2.15. The molecule has 19 heavy (non-hydrogen) atoms. The molecule has 106 valence electrons. The maximum absolute atomic E-state index is 12.1. The van der Waals surface area contributed by atoms with Crippen LogP contribution in [0.2, 0.25) is 0 Å². The van der Waals surface area contributed by atoms with Crippen molar-refractivity contribution >= 4 is 11.6 Å². The number of benzene rings is 1. The van der Waals surface area contributed by atoms with Gasteiger partial charge in [0.25, 0.3) is 5.91 Å². The van der Waals surface area contributed by atoms with E-state index in [9.17, 15) is 4.79 Å². The van der Waals surface area contributed by atoms with Crippen molar-refractivity contribution in [2.24, 2.45) is 5.92 Å². The fourth-order valence-corrected chi connectivity index (χ4v) is 2.15. The van der Waals surface area contributed by atoms with E-state index in [1.807, 2.05) is 13.0 Å². The molecule has 1 rings (SSSR count). The van der Waals surface area contributed by atoms with E-state index >= 15 is 0 Å². The molecule has 0 aliphatic rings. The highest BCUT2D eigenvalue weighted by Gasteiger charge is 2.12. The number of nitrogens with one attached hydrogen (secondary N) is 1. The number of amides is 1. The highest BCUT2D eigenvalue weighted by atomic mass is 16.1. The first kappa shape index (κ1) is 15.5. The monoisotopic (exact) mass is 262 g/mol. The van der Waals surface area contributed by atoms with Crippen LogP contribution in [-0.2, 0) is 0 Å². The highest BCUT2D eigenvalue weighted by Crippen LogP contribution is 2.13. The average Bonchev–Trinajstić information content (AvgIpc) is 2.27. The summed E-state index contributed by atoms with van der Waals surface area (Å²) in [7, 11) is 0. The van der Waals surface area contributed by atoms with Gasteiger partial charge in [0, 0.05) is 17.3 Å². The number of carbonyl (C=O) groups is 1. The predicted molar refractivity (Wildman–Crippen MR) is 81.2 cm³/mol. The molecule has 0 heterocycles. The van der Waals surface area contributed by atoms with Crippen molar-refractivity contribution in [2.45, 2.75) is 53.0 Å². The molecule has 3 nitrogen and oxygen atoms in total. The maximum atomic E-state index is 12.1. The van der Waals surface area contributed by atoms with E-state index in [4.69, 9.17) is 5.73 Å². The van der Waals surface area contributed by atoms with Gasteiger partial charge in [-0.2, -0.15) is 0 Å². The SMILES string of the molecule is Cc1cc(N)ccc1C(=O)NC(C)CCCC(C)C. The second-order valence-electron chi connectivity index (χ2n) is 5.77. The van der Waals surface area contributed by atoms with Crippen molar-refractivity contribution in [3.8, 4) is 0 Å². The Hall–Kier alpha value is -1.51. The van der Waals surface area contributed by atoms with Crippen LogP contribution < -0.4 is 11.1 Å². The minimum atomic E-state index is -0.00505. The zero-order valence-corrected chi connectivity index (χ0v) is 12.5. The van der Waals surface area contributed by atoms with Crippen LogP contribution in [0.1, 0.15) is 56.0 Å². The summed E-state index contributed by atoms with van der Waals surface area (Å²) >= 11 is 0. The first-order valence-corrected chi connectivity index (χ1v) is 7.07. The molecule has 0 aliphatic carbocycles. The van der Waals surface area contributed by atoms with Crippen LogP contribution in [-0.4, -0.2) is 11.9 Å². The topological polar surface area (TPSA) is 55.1 Å². The highest BCUT2D eigenvalue weighted by molar-refractivity contribution is 5.96. The van der Waals surface area contributed by atoms with Crippen LogP contribution in [0.25, 0.3) is 0 Å². The first-order chi connectivity index (χ1) is 8.90. The van der Waals surface area contributed by atoms with Crippen LogP contribution in [0.15, 0.2) is 18.2 Å². The number of rotatable bonds is 6. The molecule has 1 atom stereocenters. The molecular formula is C16H26N2O. The normalized spacial score (nSPS) is 12.5. The van der Waals surface area contributed by atoms with Gasteiger partial charge in [-0.05, 0) is 49.9 Å². The van der Waals surface area contributed by atoms with Gasteiger partial charge in [-0.25, -0.2) is 0 Å². The summed E-state index contributed by atoms with van der Waals surface area (Å²) in [6.07, 6.45) is 3.39. The molecule has 0 saturated heterocycles. The molecule has 1 aromatic carbocycles. The third-order valence-electron chi connectivity index (χ3n) is 3.29. The zero-order chi connectivity index (χ0) is 14.4. The van der Waals surface area contributed by atoms with Crippen molar-refractivity contribution in [1.29, 1.82) is 0 Å². The summed E-state index contributed by atoms with van der Waals surface area (Å²) in [5.74, 6) is 0.719. The third kappa shape index (κ3) is 5.33. The summed E-state index contributed by atoms with van der Waals surface area (Å²) in [5.41, 5.74) is 8.02. The van der Waals surface area contributed by atoms with Crippen LogP contribution in [0.5, 0.6) is 0 Å². The number of aryl methyl sites for hydroxylation is 1. The van der Waals surface area contributed by atoms with Gasteiger partial charge in [-0.1, -0.05) is 26.7 Å². The quantitative estimate of drug-likeness (QED) is 0.771. The van der Waals surface area contributed by atoms with Gasteiger partial charge in [0.2, 0.25) is 0 Å². The lowest BCUT2D eigenvalue weighted by Crippen LogP contribution is -2.33. The summed E-state index contributed by atoms with van der Waals surface area (Å²) in [6, 6.07) is 5.60. The van der Waals surface area contributed by atoms with Gasteiger partial charge in [0.1, 0.15) is 0 Å². The molecule has 0 bridgehead atoms. The molecule has 0 fully saturated rings.